The normalized spacial score (nSPS) is 19.0. The van der Waals surface area contributed by atoms with Gasteiger partial charge < -0.3 is 9.32 Å². The molecule has 1 saturated heterocycles. The van der Waals surface area contributed by atoms with Gasteiger partial charge in [0.05, 0.1) is 6.20 Å². The molecule has 23 heavy (non-hydrogen) atoms. The Balaban J connectivity index is 1.58. The number of oxazole rings is 1. The average molecular weight is 355 g/mol. The van der Waals surface area contributed by atoms with Crippen LogP contribution in [0.1, 0.15) is 23.4 Å². The van der Waals surface area contributed by atoms with Gasteiger partial charge >= 0.3 is 0 Å². The number of thiophene rings is 1. The van der Waals surface area contributed by atoms with Gasteiger partial charge in [-0.1, -0.05) is 6.07 Å². The third-order valence-electron chi connectivity index (χ3n) is 3.77. The predicted octanol–water partition coefficient (Wildman–Crippen LogP) is 1.57. The Kier molecular flexibility index (Phi) is 4.79. The van der Waals surface area contributed by atoms with Crippen LogP contribution in [-0.4, -0.2) is 43.8 Å². The monoisotopic (exact) mass is 355 g/mol. The van der Waals surface area contributed by atoms with E-state index in [4.69, 9.17) is 4.42 Å². The molecule has 0 aromatic carbocycles. The minimum absolute atomic E-state index is 0.0883. The van der Waals surface area contributed by atoms with Crippen LogP contribution in [0.2, 0.25) is 0 Å². The minimum Gasteiger partial charge on any atom is -0.438 e. The van der Waals surface area contributed by atoms with Gasteiger partial charge in [-0.2, -0.15) is 0 Å². The fourth-order valence-corrected chi connectivity index (χ4v) is 4.76. The lowest BCUT2D eigenvalue weighted by Crippen LogP contribution is -2.43. The molecule has 124 valence electrons. The lowest BCUT2D eigenvalue weighted by Gasteiger charge is -2.32. The van der Waals surface area contributed by atoms with Gasteiger partial charge in [0.1, 0.15) is 4.21 Å². The number of piperidine rings is 1. The molecule has 1 unspecified atom stereocenters. The zero-order valence-electron chi connectivity index (χ0n) is 12.3. The van der Waals surface area contributed by atoms with Crippen LogP contribution in [0.25, 0.3) is 0 Å². The first kappa shape index (κ1) is 16.2. The fraction of sp³-hybridized carbons (Fsp3) is 0.429. The molecular formula is C14H17N3O4S2. The summed E-state index contributed by atoms with van der Waals surface area (Å²) < 4.78 is 32.2. The number of amides is 1. The Labute approximate surface area is 138 Å². The quantitative estimate of drug-likeness (QED) is 0.879. The maximum atomic E-state index is 12.2. The van der Waals surface area contributed by atoms with Crippen LogP contribution in [0.5, 0.6) is 0 Å². The lowest BCUT2D eigenvalue weighted by atomic mass is 9.98. The summed E-state index contributed by atoms with van der Waals surface area (Å²) in [5, 5.41) is 1.73. The zero-order valence-corrected chi connectivity index (χ0v) is 14.0. The van der Waals surface area contributed by atoms with Crippen molar-refractivity contribution in [2.75, 3.05) is 19.6 Å². The topological polar surface area (TPSA) is 92.5 Å². The third kappa shape index (κ3) is 3.80. The first-order valence-corrected chi connectivity index (χ1v) is 9.63. The van der Waals surface area contributed by atoms with E-state index in [1.54, 1.807) is 22.4 Å². The molecule has 7 nitrogen and oxygen atoms in total. The van der Waals surface area contributed by atoms with Gasteiger partial charge in [-0.15, -0.1) is 11.3 Å². The average Bonchev–Trinajstić information content (AvgIpc) is 3.25. The Morgan fingerprint density at radius 1 is 1.52 bits per heavy atom. The van der Waals surface area contributed by atoms with E-state index >= 15 is 0 Å². The number of hydrogen-bond donors (Lipinski definition) is 1. The number of carbonyl (C=O) groups excluding carboxylic acids is 1. The van der Waals surface area contributed by atoms with Crippen LogP contribution in [0.15, 0.2) is 38.7 Å². The van der Waals surface area contributed by atoms with E-state index in [2.05, 4.69) is 9.71 Å². The summed E-state index contributed by atoms with van der Waals surface area (Å²) >= 11 is 1.19. The number of nitrogens with one attached hydrogen (secondary N) is 1. The van der Waals surface area contributed by atoms with E-state index in [1.165, 1.54) is 23.9 Å². The van der Waals surface area contributed by atoms with Gasteiger partial charge in [0.25, 0.3) is 5.91 Å². The largest absolute Gasteiger partial charge is 0.438 e. The highest BCUT2D eigenvalue weighted by Crippen LogP contribution is 2.20. The predicted molar refractivity (Wildman–Crippen MR) is 84.6 cm³/mol. The summed E-state index contributed by atoms with van der Waals surface area (Å²) in [5.41, 5.74) is 0. The van der Waals surface area contributed by atoms with Gasteiger partial charge in [-0.05, 0) is 30.2 Å². The van der Waals surface area contributed by atoms with Crippen LogP contribution in [0.4, 0.5) is 0 Å². The van der Waals surface area contributed by atoms with Crippen molar-refractivity contribution in [1.82, 2.24) is 14.6 Å². The van der Waals surface area contributed by atoms with E-state index in [9.17, 15) is 13.2 Å². The molecular weight excluding hydrogens is 338 g/mol. The molecule has 0 radical (unpaired) electrons. The van der Waals surface area contributed by atoms with Crippen molar-refractivity contribution in [2.24, 2.45) is 5.92 Å². The molecule has 1 aliphatic rings. The Hall–Kier alpha value is -1.71. The molecule has 0 bridgehead atoms. The second kappa shape index (κ2) is 6.81. The summed E-state index contributed by atoms with van der Waals surface area (Å²) in [7, 11) is -3.46. The first-order valence-electron chi connectivity index (χ1n) is 7.27. The van der Waals surface area contributed by atoms with E-state index in [-0.39, 0.29) is 17.6 Å². The highest BCUT2D eigenvalue weighted by atomic mass is 32.2. The number of nitrogens with zero attached hydrogens (tertiary/aromatic N) is 2. The maximum Gasteiger partial charge on any atom is 0.291 e. The SMILES string of the molecule is O=C(c1cnco1)N1CCCC(CNS(=O)(=O)c2cccs2)C1. The molecule has 3 rings (SSSR count). The van der Waals surface area contributed by atoms with Gasteiger partial charge in [0.15, 0.2) is 6.39 Å². The summed E-state index contributed by atoms with van der Waals surface area (Å²) in [4.78, 5) is 17.7. The molecule has 3 heterocycles. The van der Waals surface area contributed by atoms with E-state index < -0.39 is 10.0 Å². The van der Waals surface area contributed by atoms with Crippen molar-refractivity contribution in [2.45, 2.75) is 17.1 Å². The summed E-state index contributed by atoms with van der Waals surface area (Å²) in [6, 6.07) is 3.28. The molecule has 0 spiro atoms. The summed E-state index contributed by atoms with van der Waals surface area (Å²) in [6.45, 7) is 1.47. The second-order valence-electron chi connectivity index (χ2n) is 5.41. The Morgan fingerprint density at radius 3 is 3.09 bits per heavy atom. The number of aromatic nitrogens is 1. The van der Waals surface area contributed by atoms with E-state index in [1.807, 2.05) is 0 Å². The standard InChI is InChI=1S/C14H17N3O4S2/c18-14(12-8-15-10-21-12)17-5-1-3-11(9-17)7-16-23(19,20)13-4-2-6-22-13/h2,4,6,8,10-11,16H,1,3,5,7,9H2. The molecule has 1 fully saturated rings. The van der Waals surface area contributed by atoms with Crippen molar-refractivity contribution in [1.29, 1.82) is 0 Å². The van der Waals surface area contributed by atoms with Crippen molar-refractivity contribution in [3.63, 3.8) is 0 Å². The van der Waals surface area contributed by atoms with Gasteiger partial charge in [-0.25, -0.2) is 18.1 Å². The third-order valence-corrected chi connectivity index (χ3v) is 6.59. The summed E-state index contributed by atoms with van der Waals surface area (Å²) in [6.07, 6.45) is 4.34. The second-order valence-corrected chi connectivity index (χ2v) is 8.35. The smallest absolute Gasteiger partial charge is 0.291 e. The fourth-order valence-electron chi connectivity index (χ4n) is 2.61. The highest BCUT2D eigenvalue weighted by molar-refractivity contribution is 7.91. The minimum atomic E-state index is -3.46. The Morgan fingerprint density at radius 2 is 2.39 bits per heavy atom. The molecule has 0 saturated carbocycles. The molecule has 2 aromatic rings. The summed E-state index contributed by atoms with van der Waals surface area (Å²) in [5.74, 6) is 0.100. The number of likely N-dealkylation sites (tertiary alicyclic amines) is 1. The molecule has 1 amide bonds. The first-order chi connectivity index (χ1) is 11.1. The van der Waals surface area contributed by atoms with Gasteiger partial charge in [-0.3, -0.25) is 4.79 Å². The Bertz CT molecular complexity index is 741. The zero-order chi connectivity index (χ0) is 16.3. The molecule has 1 atom stereocenters. The van der Waals surface area contributed by atoms with Gasteiger partial charge in [0.2, 0.25) is 15.8 Å². The molecule has 1 N–H and O–H groups in total. The number of carbonyl (C=O) groups is 1. The van der Waals surface area contributed by atoms with E-state index in [0.717, 1.165) is 12.8 Å². The lowest BCUT2D eigenvalue weighted by molar-refractivity contribution is 0.0644. The van der Waals surface area contributed by atoms with Crippen LogP contribution in [0, 0.1) is 5.92 Å². The van der Waals surface area contributed by atoms with Crippen molar-refractivity contribution < 1.29 is 17.6 Å². The molecule has 9 heteroatoms. The number of sulfonamides is 1. The van der Waals surface area contributed by atoms with E-state index in [0.29, 0.717) is 23.8 Å². The van der Waals surface area contributed by atoms with Crippen molar-refractivity contribution in [3.8, 4) is 0 Å². The number of rotatable bonds is 5. The maximum absolute atomic E-state index is 12.2. The van der Waals surface area contributed by atoms with Gasteiger partial charge in [0, 0.05) is 19.6 Å². The van der Waals surface area contributed by atoms with Crippen LogP contribution in [-0.2, 0) is 10.0 Å². The molecule has 0 aliphatic carbocycles. The van der Waals surface area contributed by atoms with Crippen LogP contribution >= 0.6 is 11.3 Å². The highest BCUT2D eigenvalue weighted by Gasteiger charge is 2.27. The molecule has 2 aromatic heterocycles. The van der Waals surface area contributed by atoms with Crippen LogP contribution in [0.3, 0.4) is 0 Å². The van der Waals surface area contributed by atoms with Crippen LogP contribution < -0.4 is 4.72 Å². The van der Waals surface area contributed by atoms with Crippen molar-refractivity contribution >= 4 is 27.3 Å². The molecule has 1 aliphatic heterocycles. The number of hydrogen-bond acceptors (Lipinski definition) is 6. The van der Waals surface area contributed by atoms with Crippen molar-refractivity contribution in [3.05, 3.63) is 35.9 Å².